The van der Waals surface area contributed by atoms with Gasteiger partial charge in [-0.15, -0.1) is 0 Å². The van der Waals surface area contributed by atoms with Crippen LogP contribution < -0.4 is 9.47 Å². The third kappa shape index (κ3) is 4.69. The summed E-state index contributed by atoms with van der Waals surface area (Å²) in [5.74, 6) is 0.293. The standard InChI is InChI=1S/C21H16N4O5/c1-27-21(26)20(25-28-2)15-8-4-6-10-17(15)30-19-11-18(23-13-24-19)29-16-9-5-3-7-14(16)12-22/h3-11,13H,1-2H3/b25-20+. The van der Waals surface area contributed by atoms with Crippen LogP contribution in [0.15, 0.2) is 66.1 Å². The zero-order chi connectivity index (χ0) is 21.3. The van der Waals surface area contributed by atoms with Gasteiger partial charge in [0, 0.05) is 0 Å². The number of rotatable bonds is 7. The molecule has 3 aromatic rings. The Balaban J connectivity index is 1.90. The number of benzene rings is 2. The number of ether oxygens (including phenoxy) is 3. The molecule has 1 heterocycles. The summed E-state index contributed by atoms with van der Waals surface area (Å²) in [5, 5.41) is 12.9. The van der Waals surface area contributed by atoms with Crippen molar-refractivity contribution in [2.75, 3.05) is 14.2 Å². The first-order chi connectivity index (χ1) is 14.7. The van der Waals surface area contributed by atoms with E-state index in [2.05, 4.69) is 15.1 Å². The first-order valence-electron chi connectivity index (χ1n) is 8.62. The second-order valence-corrected chi connectivity index (χ2v) is 5.62. The number of hydrogen-bond acceptors (Lipinski definition) is 9. The number of esters is 1. The molecule has 0 amide bonds. The van der Waals surface area contributed by atoms with Gasteiger partial charge < -0.3 is 19.0 Å². The van der Waals surface area contributed by atoms with Crippen LogP contribution in [-0.4, -0.2) is 35.9 Å². The van der Waals surface area contributed by atoms with Crippen molar-refractivity contribution >= 4 is 11.7 Å². The molecule has 30 heavy (non-hydrogen) atoms. The number of methoxy groups -OCH3 is 1. The van der Waals surface area contributed by atoms with Crippen molar-refractivity contribution in [2.24, 2.45) is 5.16 Å². The van der Waals surface area contributed by atoms with E-state index in [9.17, 15) is 10.1 Å². The molecule has 0 radical (unpaired) electrons. The van der Waals surface area contributed by atoms with Gasteiger partial charge >= 0.3 is 5.97 Å². The molecular formula is C21H16N4O5. The Morgan fingerprint density at radius 1 is 0.967 bits per heavy atom. The normalized spacial score (nSPS) is 10.6. The molecule has 1 aromatic heterocycles. The molecule has 150 valence electrons. The maximum atomic E-state index is 12.1. The molecule has 0 aliphatic rings. The Kier molecular flexibility index (Phi) is 6.53. The molecule has 0 fully saturated rings. The van der Waals surface area contributed by atoms with Crippen molar-refractivity contribution in [3.05, 3.63) is 72.1 Å². The fraction of sp³-hybridized carbons (Fsp3) is 0.0952. The number of oxime groups is 1. The van der Waals surface area contributed by atoms with Gasteiger partial charge in [-0.25, -0.2) is 14.8 Å². The topological polar surface area (TPSA) is 116 Å². The Hall–Kier alpha value is -4.45. The first-order valence-corrected chi connectivity index (χ1v) is 8.62. The molecule has 0 N–H and O–H groups in total. The lowest BCUT2D eigenvalue weighted by atomic mass is 10.1. The van der Waals surface area contributed by atoms with Crippen molar-refractivity contribution in [1.29, 1.82) is 5.26 Å². The summed E-state index contributed by atoms with van der Waals surface area (Å²) in [6.07, 6.45) is 1.26. The second kappa shape index (κ2) is 9.66. The van der Waals surface area contributed by atoms with Crippen LogP contribution in [0.25, 0.3) is 0 Å². The quantitative estimate of drug-likeness (QED) is 0.334. The lowest BCUT2D eigenvalue weighted by Crippen LogP contribution is -2.18. The van der Waals surface area contributed by atoms with Gasteiger partial charge in [-0.1, -0.05) is 29.4 Å². The number of nitrogens with zero attached hydrogens (tertiary/aromatic N) is 4. The molecule has 0 bridgehead atoms. The molecule has 9 nitrogen and oxygen atoms in total. The van der Waals surface area contributed by atoms with Gasteiger partial charge in [-0.2, -0.15) is 5.26 Å². The van der Waals surface area contributed by atoms with E-state index in [1.165, 1.54) is 26.6 Å². The minimum atomic E-state index is -0.687. The van der Waals surface area contributed by atoms with Crippen molar-refractivity contribution in [3.8, 4) is 29.3 Å². The number of para-hydroxylation sites is 2. The van der Waals surface area contributed by atoms with Gasteiger partial charge in [0.25, 0.3) is 0 Å². The van der Waals surface area contributed by atoms with Crippen molar-refractivity contribution in [2.45, 2.75) is 0 Å². The van der Waals surface area contributed by atoms with Gasteiger partial charge in [0.05, 0.1) is 24.3 Å². The molecule has 0 saturated heterocycles. The summed E-state index contributed by atoms with van der Waals surface area (Å²) in [6.45, 7) is 0. The molecule has 0 aliphatic heterocycles. The zero-order valence-corrected chi connectivity index (χ0v) is 16.1. The molecule has 2 aromatic carbocycles. The summed E-state index contributed by atoms with van der Waals surface area (Å²) in [6, 6.07) is 17.0. The summed E-state index contributed by atoms with van der Waals surface area (Å²) >= 11 is 0. The SMILES string of the molecule is CO/N=C(/C(=O)OC)c1ccccc1Oc1cc(Oc2ccccc2C#N)ncn1. The van der Waals surface area contributed by atoms with Gasteiger partial charge in [-0.3, -0.25) is 0 Å². The second-order valence-electron chi connectivity index (χ2n) is 5.62. The van der Waals surface area contributed by atoms with E-state index in [1.807, 2.05) is 6.07 Å². The highest BCUT2D eigenvalue weighted by molar-refractivity contribution is 6.43. The third-order valence-corrected chi connectivity index (χ3v) is 3.76. The van der Waals surface area contributed by atoms with Crippen LogP contribution in [0, 0.1) is 11.3 Å². The van der Waals surface area contributed by atoms with Crippen molar-refractivity contribution in [1.82, 2.24) is 9.97 Å². The average molecular weight is 404 g/mol. The third-order valence-electron chi connectivity index (χ3n) is 3.76. The monoisotopic (exact) mass is 404 g/mol. The first kappa shape index (κ1) is 20.3. The largest absolute Gasteiger partial charge is 0.464 e. The summed E-state index contributed by atoms with van der Waals surface area (Å²) in [5.41, 5.74) is 0.647. The van der Waals surface area contributed by atoms with Gasteiger partial charge in [-0.05, 0) is 24.3 Å². The van der Waals surface area contributed by atoms with E-state index in [0.29, 0.717) is 22.6 Å². The highest BCUT2D eigenvalue weighted by Crippen LogP contribution is 2.28. The maximum Gasteiger partial charge on any atom is 0.360 e. The Morgan fingerprint density at radius 2 is 1.60 bits per heavy atom. The molecule has 0 aliphatic carbocycles. The van der Waals surface area contributed by atoms with Gasteiger partial charge in [0.15, 0.2) is 5.71 Å². The fourth-order valence-corrected chi connectivity index (χ4v) is 2.44. The molecule has 0 unspecified atom stereocenters. The van der Waals surface area contributed by atoms with Crippen LogP contribution in [0.1, 0.15) is 11.1 Å². The zero-order valence-electron chi connectivity index (χ0n) is 16.1. The average Bonchev–Trinajstić information content (AvgIpc) is 2.78. The maximum absolute atomic E-state index is 12.1. The predicted octanol–water partition coefficient (Wildman–Crippen LogP) is 3.46. The van der Waals surface area contributed by atoms with E-state index >= 15 is 0 Å². The molecule has 9 heteroatoms. The number of aromatic nitrogens is 2. The van der Waals surface area contributed by atoms with Crippen LogP contribution >= 0.6 is 0 Å². The summed E-state index contributed by atoms with van der Waals surface area (Å²) in [4.78, 5) is 24.9. The number of carbonyl (C=O) groups excluding carboxylic acids is 1. The van der Waals surface area contributed by atoms with Gasteiger partial charge in [0.1, 0.15) is 31.0 Å². The lowest BCUT2D eigenvalue weighted by Gasteiger charge is -2.11. The number of nitriles is 1. The van der Waals surface area contributed by atoms with Crippen molar-refractivity contribution in [3.63, 3.8) is 0 Å². The van der Waals surface area contributed by atoms with E-state index in [-0.39, 0.29) is 17.5 Å². The summed E-state index contributed by atoms with van der Waals surface area (Å²) < 4.78 is 16.3. The number of carbonyl (C=O) groups is 1. The molecule has 0 atom stereocenters. The minimum Gasteiger partial charge on any atom is -0.464 e. The fourth-order valence-electron chi connectivity index (χ4n) is 2.44. The molecular weight excluding hydrogens is 388 g/mol. The van der Waals surface area contributed by atoms with Crippen LogP contribution in [0.3, 0.4) is 0 Å². The van der Waals surface area contributed by atoms with E-state index in [4.69, 9.17) is 19.0 Å². The molecule has 3 rings (SSSR count). The minimum absolute atomic E-state index is 0.0657. The summed E-state index contributed by atoms with van der Waals surface area (Å²) in [7, 11) is 2.56. The van der Waals surface area contributed by atoms with Crippen molar-refractivity contribution < 1.29 is 23.8 Å². The molecule has 0 saturated carbocycles. The van der Waals surface area contributed by atoms with Crippen LogP contribution in [-0.2, 0) is 14.4 Å². The Morgan fingerprint density at radius 3 is 2.27 bits per heavy atom. The molecule has 0 spiro atoms. The predicted molar refractivity (Wildman–Crippen MR) is 105 cm³/mol. The highest BCUT2D eigenvalue weighted by Gasteiger charge is 2.20. The van der Waals surface area contributed by atoms with E-state index in [0.717, 1.165) is 0 Å². The van der Waals surface area contributed by atoms with E-state index < -0.39 is 5.97 Å². The van der Waals surface area contributed by atoms with Gasteiger partial charge in [0.2, 0.25) is 11.8 Å². The lowest BCUT2D eigenvalue weighted by molar-refractivity contribution is -0.132. The van der Waals surface area contributed by atoms with Crippen LogP contribution in [0.5, 0.6) is 23.3 Å². The van der Waals surface area contributed by atoms with Crippen LogP contribution in [0.2, 0.25) is 0 Å². The highest BCUT2D eigenvalue weighted by atomic mass is 16.6. The Labute approximate surface area is 172 Å². The smallest absolute Gasteiger partial charge is 0.360 e. The van der Waals surface area contributed by atoms with Crippen LogP contribution in [0.4, 0.5) is 0 Å². The number of hydrogen-bond donors (Lipinski definition) is 0. The van der Waals surface area contributed by atoms with E-state index in [1.54, 1.807) is 48.5 Å². The Bertz CT molecular complexity index is 1120.